The molecular formula is C24H16Cl4F5NaO7. The number of hydrogen-bond acceptors (Lipinski definition) is 6. The molecule has 218 valence electrons. The number of carbonyl (C=O) groups is 3. The van der Waals surface area contributed by atoms with Gasteiger partial charge in [0, 0.05) is 6.07 Å². The molecule has 3 aromatic rings. The van der Waals surface area contributed by atoms with E-state index in [2.05, 4.69) is 9.47 Å². The second-order valence-corrected chi connectivity index (χ2v) is 8.09. The van der Waals surface area contributed by atoms with E-state index in [1.165, 1.54) is 20.3 Å². The molecule has 0 radical (unpaired) electrons. The molecule has 41 heavy (non-hydrogen) atoms. The molecule has 0 spiro atoms. The Balaban J connectivity index is 0. The van der Waals surface area contributed by atoms with Crippen molar-refractivity contribution in [1.82, 2.24) is 0 Å². The summed E-state index contributed by atoms with van der Waals surface area (Å²) in [6, 6.07) is 4.73. The van der Waals surface area contributed by atoms with E-state index in [9.17, 15) is 36.3 Å². The van der Waals surface area contributed by atoms with Gasteiger partial charge in [-0.1, -0.05) is 34.8 Å². The van der Waals surface area contributed by atoms with E-state index in [0.29, 0.717) is 24.3 Å². The number of rotatable bonds is 4. The van der Waals surface area contributed by atoms with Gasteiger partial charge in [-0.25, -0.2) is 31.5 Å². The summed E-state index contributed by atoms with van der Waals surface area (Å²) in [7, 11) is 3.26. The first-order chi connectivity index (χ1) is 18.6. The number of methoxy groups -OCH3 is 2. The summed E-state index contributed by atoms with van der Waals surface area (Å²) in [5, 5.41) is 15.3. The standard InChI is InChI=1S/C9H8ClFO3.C7H2Cl2F2O.C7H3ClF2O2.CH3O.Na/c1-13-8-4-6(10)5(3-7(8)11)9(12)14-2;8-4-2-6(11)5(10)1-3(4)7(9)12;8-4-2-6(10)5(9)1-3(4)7(11)12;1-2;/h3-4H,1-2H3;1-2H;1-2H,(H,11,12);1H3;/q;;;-1;+1. The van der Waals surface area contributed by atoms with E-state index < -0.39 is 51.8 Å². The van der Waals surface area contributed by atoms with Gasteiger partial charge in [-0.2, -0.15) is 7.11 Å². The molecule has 0 aliphatic carbocycles. The van der Waals surface area contributed by atoms with Gasteiger partial charge in [-0.05, 0) is 41.9 Å². The van der Waals surface area contributed by atoms with Gasteiger partial charge >= 0.3 is 41.5 Å². The fraction of sp³-hybridized carbons (Fsp3) is 0.125. The normalized spacial score (nSPS) is 9.29. The second-order valence-electron chi connectivity index (χ2n) is 6.53. The third-order valence-corrected chi connectivity index (χ3v) is 5.25. The maximum Gasteiger partial charge on any atom is 1.00 e. The van der Waals surface area contributed by atoms with E-state index in [1.807, 2.05) is 0 Å². The van der Waals surface area contributed by atoms with E-state index in [1.54, 1.807) is 0 Å². The van der Waals surface area contributed by atoms with Gasteiger partial charge in [-0.15, -0.1) is 0 Å². The summed E-state index contributed by atoms with van der Waals surface area (Å²) in [5.41, 5.74) is -0.708. The van der Waals surface area contributed by atoms with Gasteiger partial charge in [-0.3, -0.25) is 4.79 Å². The van der Waals surface area contributed by atoms with Crippen molar-refractivity contribution >= 4 is 63.6 Å². The van der Waals surface area contributed by atoms with Gasteiger partial charge in [0.1, 0.15) is 0 Å². The van der Waals surface area contributed by atoms with E-state index in [-0.39, 0.29) is 61.5 Å². The smallest absolute Gasteiger partial charge is 0.857 e. The molecule has 0 aliphatic rings. The molecule has 0 amide bonds. The predicted octanol–water partition coefficient (Wildman–Crippen LogP) is 3.57. The van der Waals surface area contributed by atoms with Gasteiger partial charge in [0.15, 0.2) is 34.8 Å². The first-order valence-electron chi connectivity index (χ1n) is 9.88. The SMILES string of the molecule is COC(=O)c1cc(F)c(OC)cc1Cl.C[O-].O=C(Cl)c1cc(F)c(F)cc1Cl.O=C(O)c1cc(F)c(F)cc1Cl.[Na+]. The summed E-state index contributed by atoms with van der Waals surface area (Å²) < 4.78 is 71.9. The van der Waals surface area contributed by atoms with Gasteiger partial charge in [0.05, 0.1) is 46.0 Å². The molecule has 3 aromatic carbocycles. The average molecular weight is 676 g/mol. The van der Waals surface area contributed by atoms with Crippen LogP contribution in [0, 0.1) is 29.1 Å². The minimum Gasteiger partial charge on any atom is -0.857 e. The van der Waals surface area contributed by atoms with Crippen molar-refractivity contribution in [1.29, 1.82) is 0 Å². The van der Waals surface area contributed by atoms with Crippen LogP contribution >= 0.6 is 46.4 Å². The van der Waals surface area contributed by atoms with Crippen LogP contribution in [0.5, 0.6) is 5.75 Å². The Kier molecular flexibility index (Phi) is 19.9. The van der Waals surface area contributed by atoms with Crippen molar-refractivity contribution in [3.05, 3.63) is 97.2 Å². The molecule has 0 heterocycles. The third-order valence-electron chi connectivity index (χ3n) is 4.11. The topological polar surface area (TPSA) is 113 Å². The van der Waals surface area contributed by atoms with Crippen LogP contribution in [0.2, 0.25) is 15.1 Å². The Hall–Kier alpha value is -2.16. The Morgan fingerprint density at radius 1 is 0.683 bits per heavy atom. The zero-order valence-electron chi connectivity index (χ0n) is 21.3. The largest absolute Gasteiger partial charge is 1.00 e. The van der Waals surface area contributed by atoms with Crippen molar-refractivity contribution in [2.75, 3.05) is 21.3 Å². The number of carbonyl (C=O) groups excluding carboxylic acids is 2. The number of esters is 1. The quantitative estimate of drug-likeness (QED) is 0.148. The zero-order chi connectivity index (χ0) is 31.3. The van der Waals surface area contributed by atoms with Crippen molar-refractivity contribution in [2.45, 2.75) is 0 Å². The second kappa shape index (κ2) is 19.9. The van der Waals surface area contributed by atoms with Crippen molar-refractivity contribution in [2.24, 2.45) is 0 Å². The summed E-state index contributed by atoms with van der Waals surface area (Å²) in [6.45, 7) is 0. The molecule has 0 saturated heterocycles. The molecule has 0 unspecified atom stereocenters. The fourth-order valence-electron chi connectivity index (χ4n) is 2.31. The monoisotopic (exact) mass is 674 g/mol. The minimum atomic E-state index is -1.39. The molecule has 3 rings (SSSR count). The van der Waals surface area contributed by atoms with E-state index >= 15 is 0 Å². The zero-order valence-corrected chi connectivity index (χ0v) is 26.3. The number of aromatic carboxylic acids is 1. The first kappa shape index (κ1) is 41.0. The van der Waals surface area contributed by atoms with Gasteiger partial charge in [0.25, 0.3) is 5.24 Å². The van der Waals surface area contributed by atoms with Crippen LogP contribution in [-0.2, 0) is 4.74 Å². The molecule has 0 bridgehead atoms. The van der Waals surface area contributed by atoms with Crippen LogP contribution in [0.4, 0.5) is 22.0 Å². The predicted molar refractivity (Wildman–Crippen MR) is 135 cm³/mol. The maximum atomic E-state index is 13.1. The van der Waals surface area contributed by atoms with Crippen LogP contribution in [0.1, 0.15) is 31.1 Å². The van der Waals surface area contributed by atoms with Crippen LogP contribution in [0.15, 0.2) is 36.4 Å². The molecule has 0 saturated carbocycles. The van der Waals surface area contributed by atoms with Crippen LogP contribution in [0.3, 0.4) is 0 Å². The van der Waals surface area contributed by atoms with Gasteiger partial charge in [0.2, 0.25) is 0 Å². The Morgan fingerprint density at radius 2 is 1.05 bits per heavy atom. The fourth-order valence-corrected chi connectivity index (χ4v) is 3.21. The van der Waals surface area contributed by atoms with E-state index in [0.717, 1.165) is 13.2 Å². The Labute approximate surface area is 272 Å². The summed E-state index contributed by atoms with van der Waals surface area (Å²) >= 11 is 21.4. The first-order valence-corrected chi connectivity index (χ1v) is 11.4. The molecule has 0 aliphatic heterocycles. The number of carboxylic acids is 1. The number of hydrogen-bond donors (Lipinski definition) is 1. The third kappa shape index (κ3) is 12.7. The van der Waals surface area contributed by atoms with Crippen LogP contribution in [-0.4, -0.2) is 43.6 Å². The van der Waals surface area contributed by atoms with Crippen molar-refractivity contribution in [3.63, 3.8) is 0 Å². The summed E-state index contributed by atoms with van der Waals surface area (Å²) in [5.74, 6) is -7.39. The molecule has 7 nitrogen and oxygen atoms in total. The molecule has 0 aromatic heterocycles. The Bertz CT molecular complexity index is 1310. The van der Waals surface area contributed by atoms with Gasteiger partial charge < -0.3 is 19.7 Å². The Morgan fingerprint density at radius 3 is 1.44 bits per heavy atom. The number of ether oxygens (including phenoxy) is 2. The average Bonchev–Trinajstić information content (AvgIpc) is 2.90. The molecule has 1 N–H and O–H groups in total. The summed E-state index contributed by atoms with van der Waals surface area (Å²) in [4.78, 5) is 31.9. The molecular weight excluding hydrogens is 660 g/mol. The molecule has 0 fully saturated rings. The molecule has 0 atom stereocenters. The van der Waals surface area contributed by atoms with Crippen LogP contribution in [0.25, 0.3) is 0 Å². The molecule has 17 heteroatoms. The van der Waals surface area contributed by atoms with Crippen LogP contribution < -0.4 is 39.4 Å². The maximum absolute atomic E-state index is 13.1. The van der Waals surface area contributed by atoms with Crippen molar-refractivity contribution < 1.29 is 85.6 Å². The number of halogens is 9. The number of carboxylic acid groups (broad SMARTS) is 1. The van der Waals surface area contributed by atoms with Crippen molar-refractivity contribution in [3.8, 4) is 5.75 Å². The summed E-state index contributed by atoms with van der Waals surface area (Å²) in [6.07, 6.45) is 0. The minimum absolute atomic E-state index is 0. The van der Waals surface area contributed by atoms with E-state index in [4.69, 9.17) is 56.6 Å². The number of benzene rings is 3.